The summed E-state index contributed by atoms with van der Waals surface area (Å²) in [4.78, 5) is 0. The zero-order valence-electron chi connectivity index (χ0n) is 11.4. The van der Waals surface area contributed by atoms with Gasteiger partial charge >= 0.3 is 0 Å². The van der Waals surface area contributed by atoms with E-state index in [0.29, 0.717) is 5.56 Å². The van der Waals surface area contributed by atoms with Gasteiger partial charge in [-0.3, -0.25) is 0 Å². The molecule has 2 nitrogen and oxygen atoms in total. The molecule has 0 aliphatic heterocycles. The van der Waals surface area contributed by atoms with E-state index < -0.39 is 0 Å². The number of halogens is 1. The third-order valence-electron chi connectivity index (χ3n) is 3.33. The first-order chi connectivity index (χ1) is 9.19. The van der Waals surface area contributed by atoms with Crippen LogP contribution >= 0.6 is 0 Å². The lowest BCUT2D eigenvalue weighted by Crippen LogP contribution is -2.13. The van der Waals surface area contributed by atoms with E-state index in [1.54, 1.807) is 18.2 Å². The lowest BCUT2D eigenvalue weighted by molar-refractivity contribution is 0.387. The molecular weight excluding hydrogens is 241 g/mol. The average molecular weight is 259 g/mol. The number of nitrogens with one attached hydrogen (secondary N) is 1. The number of hydrogen-bond donors (Lipinski definition) is 1. The standard InChI is InChI=1S/C16H18FNO/c1-11(18-2)12-7-4-5-8-13(12)14-9-6-10-15(19-3)16(14)17/h4-11,18H,1-3H3. The normalized spacial score (nSPS) is 12.2. The molecule has 1 unspecified atom stereocenters. The van der Waals surface area contributed by atoms with Gasteiger partial charge in [0.25, 0.3) is 0 Å². The second-order valence-electron chi connectivity index (χ2n) is 4.42. The first-order valence-corrected chi connectivity index (χ1v) is 6.28. The number of hydrogen-bond acceptors (Lipinski definition) is 2. The molecule has 0 fully saturated rings. The molecule has 2 aromatic carbocycles. The predicted molar refractivity (Wildman–Crippen MR) is 75.9 cm³/mol. The number of ether oxygens (including phenoxy) is 1. The van der Waals surface area contributed by atoms with Gasteiger partial charge in [-0.2, -0.15) is 0 Å². The molecule has 0 amide bonds. The highest BCUT2D eigenvalue weighted by Crippen LogP contribution is 2.33. The van der Waals surface area contributed by atoms with Crippen molar-refractivity contribution >= 4 is 0 Å². The summed E-state index contributed by atoms with van der Waals surface area (Å²) in [5.41, 5.74) is 2.52. The third kappa shape index (κ3) is 2.61. The largest absolute Gasteiger partial charge is 0.494 e. The summed E-state index contributed by atoms with van der Waals surface area (Å²) >= 11 is 0. The van der Waals surface area contributed by atoms with Gasteiger partial charge in [0.05, 0.1) is 7.11 Å². The van der Waals surface area contributed by atoms with Crippen LogP contribution in [0.3, 0.4) is 0 Å². The van der Waals surface area contributed by atoms with Crippen LogP contribution in [0.5, 0.6) is 5.75 Å². The fourth-order valence-electron chi connectivity index (χ4n) is 2.15. The average Bonchev–Trinajstić information content (AvgIpc) is 2.47. The summed E-state index contributed by atoms with van der Waals surface area (Å²) in [6.45, 7) is 2.05. The Morgan fingerprint density at radius 2 is 1.74 bits per heavy atom. The molecule has 0 spiro atoms. The summed E-state index contributed by atoms with van der Waals surface area (Å²) in [6.07, 6.45) is 0. The fraction of sp³-hybridized carbons (Fsp3) is 0.250. The van der Waals surface area contributed by atoms with Crippen molar-refractivity contribution < 1.29 is 9.13 Å². The lowest BCUT2D eigenvalue weighted by Gasteiger charge is -2.17. The first kappa shape index (κ1) is 13.6. The van der Waals surface area contributed by atoms with Crippen molar-refractivity contribution in [1.82, 2.24) is 5.32 Å². The number of benzene rings is 2. The van der Waals surface area contributed by atoms with Crippen molar-refractivity contribution in [2.75, 3.05) is 14.2 Å². The van der Waals surface area contributed by atoms with Gasteiger partial charge in [-0.1, -0.05) is 36.4 Å². The Labute approximate surface area is 113 Å². The summed E-state index contributed by atoms with van der Waals surface area (Å²) in [5.74, 6) is -0.0508. The van der Waals surface area contributed by atoms with Crippen molar-refractivity contribution in [1.29, 1.82) is 0 Å². The van der Waals surface area contributed by atoms with E-state index in [4.69, 9.17) is 4.74 Å². The minimum atomic E-state index is -0.319. The third-order valence-corrected chi connectivity index (χ3v) is 3.33. The van der Waals surface area contributed by atoms with E-state index >= 15 is 0 Å². The smallest absolute Gasteiger partial charge is 0.172 e. The molecule has 1 atom stereocenters. The van der Waals surface area contributed by atoms with E-state index in [0.717, 1.165) is 11.1 Å². The van der Waals surface area contributed by atoms with E-state index in [1.807, 2.05) is 31.3 Å². The molecule has 100 valence electrons. The minimum absolute atomic E-state index is 0.154. The monoisotopic (exact) mass is 259 g/mol. The Hall–Kier alpha value is -1.87. The SMILES string of the molecule is CNC(C)c1ccccc1-c1cccc(OC)c1F. The first-order valence-electron chi connectivity index (χ1n) is 6.28. The van der Waals surface area contributed by atoms with Gasteiger partial charge in [0.1, 0.15) is 0 Å². The molecule has 3 heteroatoms. The molecular formula is C16H18FNO. The van der Waals surface area contributed by atoms with Crippen molar-refractivity contribution in [3.05, 3.63) is 53.8 Å². The van der Waals surface area contributed by atoms with Crippen LogP contribution in [0.2, 0.25) is 0 Å². The highest BCUT2D eigenvalue weighted by Gasteiger charge is 2.15. The molecule has 0 saturated carbocycles. The Balaban J connectivity index is 2.59. The van der Waals surface area contributed by atoms with E-state index in [1.165, 1.54) is 7.11 Å². The Kier molecular flexibility index (Phi) is 4.17. The fourth-order valence-corrected chi connectivity index (χ4v) is 2.15. The van der Waals surface area contributed by atoms with Gasteiger partial charge < -0.3 is 10.1 Å². The van der Waals surface area contributed by atoms with E-state index in [2.05, 4.69) is 12.2 Å². The maximum atomic E-state index is 14.4. The number of rotatable bonds is 4. The van der Waals surface area contributed by atoms with Crippen LogP contribution in [0.25, 0.3) is 11.1 Å². The maximum absolute atomic E-state index is 14.4. The van der Waals surface area contributed by atoms with Crippen molar-refractivity contribution in [2.45, 2.75) is 13.0 Å². The van der Waals surface area contributed by atoms with Crippen LogP contribution in [0.4, 0.5) is 4.39 Å². The Morgan fingerprint density at radius 1 is 1.05 bits per heavy atom. The predicted octanol–water partition coefficient (Wildman–Crippen LogP) is 3.78. The van der Waals surface area contributed by atoms with Crippen LogP contribution in [0, 0.1) is 5.82 Å². The molecule has 0 heterocycles. The van der Waals surface area contributed by atoms with Crippen LogP contribution in [-0.4, -0.2) is 14.2 Å². The second kappa shape index (κ2) is 5.85. The zero-order valence-corrected chi connectivity index (χ0v) is 11.4. The summed E-state index contributed by atoms with van der Waals surface area (Å²) in [5, 5.41) is 3.19. The number of methoxy groups -OCH3 is 1. The summed E-state index contributed by atoms with van der Waals surface area (Å²) < 4.78 is 19.4. The molecule has 1 N–H and O–H groups in total. The molecule has 2 rings (SSSR count). The quantitative estimate of drug-likeness (QED) is 0.902. The van der Waals surface area contributed by atoms with Gasteiger partial charge in [-0.05, 0) is 31.2 Å². The minimum Gasteiger partial charge on any atom is -0.494 e. The zero-order chi connectivity index (χ0) is 13.8. The molecule has 0 aliphatic rings. The van der Waals surface area contributed by atoms with Crippen molar-refractivity contribution in [3.63, 3.8) is 0 Å². The molecule has 0 radical (unpaired) electrons. The molecule has 0 bridgehead atoms. The summed E-state index contributed by atoms with van der Waals surface area (Å²) in [7, 11) is 3.37. The van der Waals surface area contributed by atoms with Crippen LogP contribution < -0.4 is 10.1 Å². The van der Waals surface area contributed by atoms with Gasteiger partial charge in [0.15, 0.2) is 11.6 Å². The maximum Gasteiger partial charge on any atom is 0.172 e. The molecule has 2 aromatic rings. The van der Waals surface area contributed by atoms with Crippen LogP contribution in [-0.2, 0) is 0 Å². The van der Waals surface area contributed by atoms with Crippen molar-refractivity contribution in [2.24, 2.45) is 0 Å². The highest BCUT2D eigenvalue weighted by molar-refractivity contribution is 5.70. The van der Waals surface area contributed by atoms with E-state index in [9.17, 15) is 4.39 Å². The second-order valence-corrected chi connectivity index (χ2v) is 4.42. The molecule has 19 heavy (non-hydrogen) atoms. The van der Waals surface area contributed by atoms with Gasteiger partial charge in [-0.25, -0.2) is 4.39 Å². The highest BCUT2D eigenvalue weighted by atomic mass is 19.1. The van der Waals surface area contributed by atoms with Gasteiger partial charge in [0, 0.05) is 11.6 Å². The topological polar surface area (TPSA) is 21.3 Å². The Bertz CT molecular complexity index is 568. The van der Waals surface area contributed by atoms with Gasteiger partial charge in [-0.15, -0.1) is 0 Å². The molecule has 0 saturated heterocycles. The van der Waals surface area contributed by atoms with Gasteiger partial charge in [0.2, 0.25) is 0 Å². The molecule has 0 aliphatic carbocycles. The Morgan fingerprint density at radius 3 is 2.42 bits per heavy atom. The van der Waals surface area contributed by atoms with Crippen LogP contribution in [0.15, 0.2) is 42.5 Å². The van der Waals surface area contributed by atoms with E-state index in [-0.39, 0.29) is 17.6 Å². The lowest BCUT2D eigenvalue weighted by atomic mass is 9.95. The molecule has 0 aromatic heterocycles. The van der Waals surface area contributed by atoms with Crippen molar-refractivity contribution in [3.8, 4) is 16.9 Å². The summed E-state index contributed by atoms with van der Waals surface area (Å²) in [6, 6.07) is 13.2. The van der Waals surface area contributed by atoms with Crippen LogP contribution in [0.1, 0.15) is 18.5 Å².